The molecule has 0 heterocycles. The Morgan fingerprint density at radius 3 is 1.89 bits per heavy atom. The van der Waals surface area contributed by atoms with E-state index < -0.39 is 56.3 Å². The molecule has 9 nitrogen and oxygen atoms in total. The summed E-state index contributed by atoms with van der Waals surface area (Å²) in [6.45, 7) is -1.96. The lowest BCUT2D eigenvalue weighted by Crippen LogP contribution is -2.47. The van der Waals surface area contributed by atoms with Gasteiger partial charge in [0.15, 0.2) is 6.10 Å². The van der Waals surface area contributed by atoms with Gasteiger partial charge < -0.3 is 40.5 Å². The number of aliphatic hydroxyl groups excluding tert-OH is 6. The standard InChI is InChI=1S/C9H18O9/c10-1-4(11)7(14)8(15)5(12)2-18-3-6(13)9(16)17/h4-8,10-15H,1-3H2,(H,16,17)/t4-,5+,6?,7-,8-/m1/s1. The molecule has 7 N–H and O–H groups in total. The number of hydrogen-bond acceptors (Lipinski definition) is 8. The number of carboxylic acids is 1. The molecule has 18 heavy (non-hydrogen) atoms. The third-order valence-electron chi connectivity index (χ3n) is 2.17. The molecule has 0 aliphatic rings. The summed E-state index contributed by atoms with van der Waals surface area (Å²) < 4.78 is 4.61. The van der Waals surface area contributed by atoms with Gasteiger partial charge >= 0.3 is 5.97 Å². The number of ether oxygens (including phenoxy) is 1. The first-order valence-electron chi connectivity index (χ1n) is 5.13. The van der Waals surface area contributed by atoms with E-state index in [0.717, 1.165) is 0 Å². The fourth-order valence-electron chi connectivity index (χ4n) is 1.03. The van der Waals surface area contributed by atoms with E-state index in [4.69, 9.17) is 20.4 Å². The summed E-state index contributed by atoms with van der Waals surface area (Å²) in [5.41, 5.74) is 0. The van der Waals surface area contributed by atoms with Crippen molar-refractivity contribution in [2.75, 3.05) is 19.8 Å². The average Bonchev–Trinajstić information content (AvgIpc) is 2.35. The van der Waals surface area contributed by atoms with Crippen LogP contribution in [0.4, 0.5) is 0 Å². The van der Waals surface area contributed by atoms with E-state index in [9.17, 15) is 20.1 Å². The zero-order chi connectivity index (χ0) is 14.3. The van der Waals surface area contributed by atoms with Gasteiger partial charge in [0.25, 0.3) is 0 Å². The van der Waals surface area contributed by atoms with Gasteiger partial charge in [0, 0.05) is 0 Å². The third-order valence-corrected chi connectivity index (χ3v) is 2.17. The first kappa shape index (κ1) is 17.2. The number of carboxylic acid groups (broad SMARTS) is 1. The SMILES string of the molecule is O=C(O)C(O)COC[C@H](O)[C@@H](O)[C@H](O)[C@H](O)CO. The molecule has 0 aromatic carbocycles. The second-order valence-electron chi connectivity index (χ2n) is 3.69. The Labute approximate surface area is 102 Å². The van der Waals surface area contributed by atoms with Crippen LogP contribution in [-0.4, -0.2) is 92.1 Å². The summed E-state index contributed by atoms with van der Waals surface area (Å²) in [6, 6.07) is 0. The molecule has 0 bridgehead atoms. The Bertz CT molecular complexity index is 246. The van der Waals surface area contributed by atoms with Crippen LogP contribution in [-0.2, 0) is 9.53 Å². The predicted molar refractivity (Wildman–Crippen MR) is 55.6 cm³/mol. The zero-order valence-corrected chi connectivity index (χ0v) is 9.46. The van der Waals surface area contributed by atoms with Crippen LogP contribution >= 0.6 is 0 Å². The molecular formula is C9H18O9. The van der Waals surface area contributed by atoms with Gasteiger partial charge in [-0.15, -0.1) is 0 Å². The first-order chi connectivity index (χ1) is 8.31. The van der Waals surface area contributed by atoms with E-state index in [1.54, 1.807) is 0 Å². The van der Waals surface area contributed by atoms with Crippen LogP contribution in [0.5, 0.6) is 0 Å². The highest BCUT2D eigenvalue weighted by Crippen LogP contribution is 2.05. The minimum Gasteiger partial charge on any atom is -0.479 e. The van der Waals surface area contributed by atoms with Gasteiger partial charge in [-0.25, -0.2) is 4.79 Å². The molecule has 5 atom stereocenters. The van der Waals surface area contributed by atoms with Crippen LogP contribution < -0.4 is 0 Å². The van der Waals surface area contributed by atoms with E-state index in [2.05, 4.69) is 4.74 Å². The summed E-state index contributed by atoms with van der Waals surface area (Å²) in [5.74, 6) is -1.50. The number of hydrogen-bond donors (Lipinski definition) is 7. The van der Waals surface area contributed by atoms with E-state index in [-0.39, 0.29) is 0 Å². The second-order valence-corrected chi connectivity index (χ2v) is 3.69. The molecule has 108 valence electrons. The van der Waals surface area contributed by atoms with Crippen molar-refractivity contribution in [1.82, 2.24) is 0 Å². The van der Waals surface area contributed by atoms with Gasteiger partial charge in [-0.05, 0) is 0 Å². The molecule has 0 saturated carbocycles. The fourth-order valence-corrected chi connectivity index (χ4v) is 1.03. The summed E-state index contributed by atoms with van der Waals surface area (Å²) >= 11 is 0. The minimum atomic E-state index is -1.78. The van der Waals surface area contributed by atoms with Crippen LogP contribution in [0.15, 0.2) is 0 Å². The summed E-state index contributed by atoms with van der Waals surface area (Å²) in [7, 11) is 0. The molecule has 0 spiro atoms. The second kappa shape index (κ2) is 8.32. The van der Waals surface area contributed by atoms with Crippen molar-refractivity contribution in [3.8, 4) is 0 Å². The predicted octanol–water partition coefficient (Wildman–Crippen LogP) is -4.12. The van der Waals surface area contributed by atoms with Crippen molar-refractivity contribution in [2.24, 2.45) is 0 Å². The van der Waals surface area contributed by atoms with Crippen LogP contribution in [0.2, 0.25) is 0 Å². The Morgan fingerprint density at radius 1 is 0.944 bits per heavy atom. The van der Waals surface area contributed by atoms with Crippen LogP contribution in [0, 0.1) is 0 Å². The van der Waals surface area contributed by atoms with Crippen LogP contribution in [0.3, 0.4) is 0 Å². The van der Waals surface area contributed by atoms with Crippen molar-refractivity contribution >= 4 is 5.97 Å². The molecular weight excluding hydrogens is 252 g/mol. The Balaban J connectivity index is 4.01. The molecule has 0 aliphatic carbocycles. The maximum absolute atomic E-state index is 10.2. The fraction of sp³-hybridized carbons (Fsp3) is 0.889. The van der Waals surface area contributed by atoms with E-state index in [1.165, 1.54) is 0 Å². The number of aliphatic hydroxyl groups is 6. The maximum atomic E-state index is 10.2. The smallest absolute Gasteiger partial charge is 0.334 e. The molecule has 0 aromatic rings. The average molecular weight is 270 g/mol. The molecule has 1 unspecified atom stereocenters. The topological polar surface area (TPSA) is 168 Å². The monoisotopic (exact) mass is 270 g/mol. The Morgan fingerprint density at radius 2 is 1.44 bits per heavy atom. The lowest BCUT2D eigenvalue weighted by atomic mass is 10.0. The summed E-state index contributed by atoms with van der Waals surface area (Å²) in [4.78, 5) is 10.2. The maximum Gasteiger partial charge on any atom is 0.334 e. The van der Waals surface area contributed by atoms with Gasteiger partial charge in [0.1, 0.15) is 24.4 Å². The molecule has 0 fully saturated rings. The minimum absolute atomic E-state index is 0.555. The molecule has 0 aromatic heterocycles. The lowest BCUT2D eigenvalue weighted by Gasteiger charge is -2.25. The number of rotatable bonds is 9. The first-order valence-corrected chi connectivity index (χ1v) is 5.13. The molecule has 0 saturated heterocycles. The normalized spacial score (nSPS) is 19.9. The highest BCUT2D eigenvalue weighted by molar-refractivity contribution is 5.71. The van der Waals surface area contributed by atoms with Gasteiger partial charge in [0.2, 0.25) is 0 Å². The third kappa shape index (κ3) is 5.69. The lowest BCUT2D eigenvalue weighted by molar-refractivity contribution is -0.153. The van der Waals surface area contributed by atoms with Gasteiger partial charge in [0.05, 0.1) is 19.8 Å². The van der Waals surface area contributed by atoms with Crippen molar-refractivity contribution in [1.29, 1.82) is 0 Å². The highest BCUT2D eigenvalue weighted by atomic mass is 16.5. The molecule has 9 heteroatoms. The van der Waals surface area contributed by atoms with Crippen molar-refractivity contribution in [3.05, 3.63) is 0 Å². The number of aliphatic carboxylic acids is 1. The van der Waals surface area contributed by atoms with Crippen LogP contribution in [0.1, 0.15) is 0 Å². The number of carbonyl (C=O) groups is 1. The van der Waals surface area contributed by atoms with Crippen molar-refractivity contribution in [3.63, 3.8) is 0 Å². The summed E-state index contributed by atoms with van der Waals surface area (Å²) in [5, 5.41) is 62.5. The van der Waals surface area contributed by atoms with Crippen molar-refractivity contribution in [2.45, 2.75) is 30.5 Å². The Kier molecular flexibility index (Phi) is 7.95. The highest BCUT2D eigenvalue weighted by Gasteiger charge is 2.30. The quantitative estimate of drug-likeness (QED) is 0.220. The van der Waals surface area contributed by atoms with Crippen molar-refractivity contribution < 1.29 is 45.3 Å². The van der Waals surface area contributed by atoms with Gasteiger partial charge in [-0.3, -0.25) is 0 Å². The molecule has 0 amide bonds. The van der Waals surface area contributed by atoms with E-state index in [0.29, 0.717) is 0 Å². The van der Waals surface area contributed by atoms with Crippen LogP contribution in [0.25, 0.3) is 0 Å². The molecule has 0 radical (unpaired) electrons. The van der Waals surface area contributed by atoms with Gasteiger partial charge in [-0.1, -0.05) is 0 Å². The zero-order valence-electron chi connectivity index (χ0n) is 9.46. The molecule has 0 aliphatic heterocycles. The van der Waals surface area contributed by atoms with Gasteiger partial charge in [-0.2, -0.15) is 0 Å². The van der Waals surface area contributed by atoms with E-state index in [1.807, 2.05) is 0 Å². The largest absolute Gasteiger partial charge is 0.479 e. The Hall–Kier alpha value is -0.810. The van der Waals surface area contributed by atoms with E-state index >= 15 is 0 Å². The summed E-state index contributed by atoms with van der Waals surface area (Å²) in [6.07, 6.45) is -8.56. The molecule has 0 rings (SSSR count).